The molecule has 0 spiro atoms. The van der Waals surface area contributed by atoms with Crippen LogP contribution in [0.15, 0.2) is 18.5 Å². The summed E-state index contributed by atoms with van der Waals surface area (Å²) < 4.78 is 25.6. The first kappa shape index (κ1) is 21.5. The van der Waals surface area contributed by atoms with E-state index in [1.807, 2.05) is 19.9 Å². The molecule has 0 amide bonds. The van der Waals surface area contributed by atoms with Crippen molar-refractivity contribution in [3.63, 3.8) is 0 Å². The number of rotatable bonds is 6. The van der Waals surface area contributed by atoms with E-state index in [9.17, 15) is 4.79 Å². The summed E-state index contributed by atoms with van der Waals surface area (Å²) in [6, 6.07) is 3.60. The summed E-state index contributed by atoms with van der Waals surface area (Å²) in [4.78, 5) is 20.2. The van der Waals surface area contributed by atoms with Crippen LogP contribution in [0.2, 0.25) is 0 Å². The molecular weight excluding hydrogens is 402 g/mol. The average molecular weight is 429 g/mol. The van der Waals surface area contributed by atoms with Crippen LogP contribution in [-0.4, -0.2) is 50.9 Å². The van der Waals surface area contributed by atoms with Crippen molar-refractivity contribution in [2.24, 2.45) is 5.92 Å². The fourth-order valence-corrected chi connectivity index (χ4v) is 4.28. The highest BCUT2D eigenvalue weighted by Gasteiger charge is 2.69. The van der Waals surface area contributed by atoms with Crippen LogP contribution < -0.4 is 5.73 Å². The summed E-state index contributed by atoms with van der Waals surface area (Å²) in [6.45, 7) is 15.1. The molecule has 10 heteroatoms. The number of nitrogens with zero attached hydrogens (tertiary/aromatic N) is 4. The molecule has 10 nitrogen and oxygen atoms in total. The Balaban J connectivity index is 1.68. The first-order chi connectivity index (χ1) is 14.7. The Morgan fingerprint density at radius 1 is 1.32 bits per heavy atom. The second kappa shape index (κ2) is 7.75. The van der Waals surface area contributed by atoms with Gasteiger partial charge in [0.05, 0.1) is 11.6 Å². The first-order valence-corrected chi connectivity index (χ1v) is 10.4. The van der Waals surface area contributed by atoms with E-state index in [4.69, 9.17) is 31.3 Å². The molecule has 0 bridgehead atoms. The number of aromatic nitrogens is 3. The Morgan fingerprint density at radius 2 is 2.06 bits per heavy atom. The van der Waals surface area contributed by atoms with Gasteiger partial charge in [0, 0.05) is 0 Å². The highest BCUT2D eigenvalue weighted by Crippen LogP contribution is 2.51. The molecule has 2 fully saturated rings. The van der Waals surface area contributed by atoms with Gasteiger partial charge < -0.3 is 19.9 Å². The van der Waals surface area contributed by atoms with E-state index >= 15 is 0 Å². The summed E-state index contributed by atoms with van der Waals surface area (Å²) in [5.74, 6) is -1.16. The van der Waals surface area contributed by atoms with Gasteiger partial charge in [-0.15, -0.1) is 0 Å². The van der Waals surface area contributed by atoms with Crippen LogP contribution in [-0.2, 0) is 23.7 Å². The topological polar surface area (TPSA) is 115 Å². The molecule has 2 N–H and O–H groups in total. The molecule has 0 aliphatic carbocycles. The second-order valence-corrected chi connectivity index (χ2v) is 8.34. The molecule has 2 saturated heterocycles. The zero-order chi connectivity index (χ0) is 22.4. The Kier molecular flexibility index (Phi) is 5.37. The number of anilines is 1. The highest BCUT2D eigenvalue weighted by atomic mass is 16.8. The lowest BCUT2D eigenvalue weighted by atomic mass is 10.0. The number of fused-ring (bicyclic) bond motifs is 2. The van der Waals surface area contributed by atoms with Crippen LogP contribution in [0.25, 0.3) is 10.4 Å². The van der Waals surface area contributed by atoms with Crippen molar-refractivity contribution in [2.75, 3.05) is 12.3 Å². The normalized spacial score (nSPS) is 29.2. The zero-order valence-corrected chi connectivity index (χ0v) is 18.1. The molecule has 2 aliphatic rings. The molecule has 166 valence electrons. The molecule has 4 rings (SSSR count). The summed E-state index contributed by atoms with van der Waals surface area (Å²) in [5.41, 5.74) is 5.70. The van der Waals surface area contributed by atoms with Gasteiger partial charge in [-0.05, 0) is 38.8 Å². The van der Waals surface area contributed by atoms with E-state index in [2.05, 4.69) is 14.9 Å². The zero-order valence-electron chi connectivity index (χ0n) is 18.1. The number of carbonyl (C=O) groups is 1. The molecule has 0 aromatic carbocycles. The molecule has 4 heterocycles. The quantitative estimate of drug-likeness (QED) is 0.550. The monoisotopic (exact) mass is 429 g/mol. The number of nitrogens with two attached hydrogens (primary N) is 1. The van der Waals surface area contributed by atoms with Crippen molar-refractivity contribution in [3.8, 4) is 0 Å². The molecule has 4 atom stereocenters. The Labute approximate surface area is 180 Å². The maximum Gasteiger partial charge on any atom is 0.400 e. The van der Waals surface area contributed by atoms with Gasteiger partial charge >= 0.3 is 11.7 Å². The van der Waals surface area contributed by atoms with Gasteiger partial charge in [0.15, 0.2) is 24.3 Å². The van der Waals surface area contributed by atoms with Crippen molar-refractivity contribution in [1.82, 2.24) is 14.6 Å². The van der Waals surface area contributed by atoms with Crippen molar-refractivity contribution in [1.29, 1.82) is 0 Å². The predicted octanol–water partition coefficient (Wildman–Crippen LogP) is 2.50. The summed E-state index contributed by atoms with van der Waals surface area (Å²) >= 11 is 0. The molecule has 0 radical (unpaired) electrons. The fraction of sp³-hybridized carbons (Fsp3) is 0.619. The Bertz CT molecular complexity index is 1030. The number of nitrogen functional groups attached to an aromatic ring is 1. The van der Waals surface area contributed by atoms with Crippen LogP contribution in [0.4, 0.5) is 5.82 Å². The lowest BCUT2D eigenvalue weighted by Crippen LogP contribution is -2.45. The molecule has 2 aromatic rings. The van der Waals surface area contributed by atoms with Crippen molar-refractivity contribution < 1.29 is 23.7 Å². The van der Waals surface area contributed by atoms with Crippen LogP contribution in [0, 0.1) is 12.5 Å². The Morgan fingerprint density at radius 3 is 2.74 bits per heavy atom. The summed E-state index contributed by atoms with van der Waals surface area (Å²) in [6.07, 6.45) is 0.673. The van der Waals surface area contributed by atoms with Gasteiger partial charge in [0.25, 0.3) is 0 Å². The number of esters is 1. The van der Waals surface area contributed by atoms with Gasteiger partial charge in [0.1, 0.15) is 24.1 Å². The second-order valence-electron chi connectivity index (χ2n) is 8.34. The van der Waals surface area contributed by atoms with E-state index in [1.54, 1.807) is 24.4 Å². The van der Waals surface area contributed by atoms with E-state index in [1.165, 1.54) is 6.33 Å². The molecule has 2 aromatic heterocycles. The predicted molar refractivity (Wildman–Crippen MR) is 109 cm³/mol. The van der Waals surface area contributed by atoms with Crippen LogP contribution >= 0.6 is 0 Å². The SMILES string of the molecule is [C-]#[N+][C@]1(COC(=O)C(CC)CC)O[C@@H](c2ccc3c(N)ncnn23)[C@@H]2OC(C)(C)O[C@@H]21. The van der Waals surface area contributed by atoms with E-state index < -0.39 is 29.8 Å². The van der Waals surface area contributed by atoms with E-state index in [-0.39, 0.29) is 18.5 Å². The molecule has 31 heavy (non-hydrogen) atoms. The minimum atomic E-state index is -1.53. The van der Waals surface area contributed by atoms with Crippen LogP contribution in [0.5, 0.6) is 0 Å². The summed E-state index contributed by atoms with van der Waals surface area (Å²) in [7, 11) is 0. The van der Waals surface area contributed by atoms with Crippen LogP contribution in [0.3, 0.4) is 0 Å². The summed E-state index contributed by atoms with van der Waals surface area (Å²) in [5, 5.41) is 4.28. The molecule has 2 aliphatic heterocycles. The number of carbonyl (C=O) groups excluding carboxylic acids is 1. The van der Waals surface area contributed by atoms with Crippen molar-refractivity contribution >= 4 is 17.3 Å². The smallest absolute Gasteiger partial charge is 0.400 e. The standard InChI is InChI=1S/C21H27N5O5/c1-6-12(7-2)19(27)28-10-21(23-5)17-16(29-20(3,4)31-17)15(30-21)13-8-9-14-18(22)24-11-25-26(13)14/h8-9,11-12,15-17H,6-7,10H2,1-4H3,(H2,22,24,25)/t15-,16-,17-,21+/m0/s1. The third kappa shape index (κ3) is 3.52. The fourth-order valence-electron chi connectivity index (χ4n) is 4.28. The first-order valence-electron chi connectivity index (χ1n) is 10.4. The van der Waals surface area contributed by atoms with E-state index in [0.29, 0.717) is 29.9 Å². The minimum Gasteiger partial charge on any atom is -0.454 e. The maximum absolute atomic E-state index is 12.5. The third-order valence-corrected chi connectivity index (χ3v) is 5.94. The van der Waals surface area contributed by atoms with Gasteiger partial charge in [0.2, 0.25) is 0 Å². The molecule has 0 unspecified atom stereocenters. The molecular formula is C21H27N5O5. The van der Waals surface area contributed by atoms with Gasteiger partial charge in [-0.1, -0.05) is 13.8 Å². The van der Waals surface area contributed by atoms with Crippen molar-refractivity contribution in [3.05, 3.63) is 35.6 Å². The minimum absolute atomic E-state index is 0.220. The average Bonchev–Trinajstić information content (AvgIpc) is 3.38. The largest absolute Gasteiger partial charge is 0.454 e. The van der Waals surface area contributed by atoms with Crippen molar-refractivity contribution in [2.45, 2.75) is 70.4 Å². The van der Waals surface area contributed by atoms with Gasteiger partial charge in [-0.25, -0.2) is 16.1 Å². The van der Waals surface area contributed by atoms with Gasteiger partial charge in [-0.3, -0.25) is 14.4 Å². The lowest BCUT2D eigenvalue weighted by molar-refractivity contribution is -0.211. The van der Waals surface area contributed by atoms with Crippen LogP contribution in [0.1, 0.15) is 52.3 Å². The Hall–Kier alpha value is -2.74. The number of ether oxygens (including phenoxy) is 4. The number of hydrogen-bond donors (Lipinski definition) is 1. The third-order valence-electron chi connectivity index (χ3n) is 5.94. The maximum atomic E-state index is 12.5. The van der Waals surface area contributed by atoms with E-state index in [0.717, 1.165) is 0 Å². The molecule has 0 saturated carbocycles. The highest BCUT2D eigenvalue weighted by molar-refractivity contribution is 5.72. The van der Waals surface area contributed by atoms with Gasteiger partial charge in [-0.2, -0.15) is 5.10 Å². The number of hydrogen-bond acceptors (Lipinski definition) is 8. The lowest BCUT2D eigenvalue weighted by Gasteiger charge is -2.26.